The van der Waals surface area contributed by atoms with E-state index < -0.39 is 5.54 Å². The molecule has 2 aromatic carbocycles. The first kappa shape index (κ1) is 21.5. The first-order valence-corrected chi connectivity index (χ1v) is 12.4. The quantitative estimate of drug-likeness (QED) is 0.574. The molecule has 184 valence electrons. The fourth-order valence-electron chi connectivity index (χ4n) is 6.02. The fraction of sp³-hybridized carbons (Fsp3) is 0.357. The molecule has 1 aliphatic carbocycles. The Morgan fingerprint density at radius 2 is 2.08 bits per heavy atom. The Hall–Kier alpha value is -3.81. The number of benzene rings is 2. The van der Waals surface area contributed by atoms with Gasteiger partial charge in [-0.2, -0.15) is 0 Å². The van der Waals surface area contributed by atoms with Gasteiger partial charge in [0.2, 0.25) is 0 Å². The predicted octanol–water partition coefficient (Wildman–Crippen LogP) is 4.86. The third kappa shape index (κ3) is 3.23. The summed E-state index contributed by atoms with van der Waals surface area (Å²) in [5.74, 6) is 1.43. The number of ether oxygens (including phenoxy) is 1. The standard InChI is InChI=1S/C28H28FN5O2/c1-18-13-33(17-31-18)24-6-3-19(10-25(24)35-2)9-20-12-27(7-8-27)15-34-26(20)32-36-16-28(34)14-30-23-11-21(29)4-5-22(23)28/h3-6,9-11,13,17,30H,7-8,12,14-16H2,1-2H3. The topological polar surface area (TPSA) is 63.9 Å². The predicted molar refractivity (Wildman–Crippen MR) is 136 cm³/mol. The van der Waals surface area contributed by atoms with E-state index in [9.17, 15) is 4.39 Å². The zero-order valence-electron chi connectivity index (χ0n) is 20.4. The van der Waals surface area contributed by atoms with E-state index in [-0.39, 0.29) is 11.2 Å². The molecule has 1 saturated carbocycles. The van der Waals surface area contributed by atoms with E-state index in [4.69, 9.17) is 9.57 Å². The van der Waals surface area contributed by atoms with Gasteiger partial charge in [-0.05, 0) is 73.1 Å². The van der Waals surface area contributed by atoms with Crippen molar-refractivity contribution in [1.82, 2.24) is 14.5 Å². The maximum absolute atomic E-state index is 14.0. The molecule has 7 rings (SSSR count). The van der Waals surface area contributed by atoms with Gasteiger partial charge in [0, 0.05) is 30.5 Å². The zero-order chi connectivity index (χ0) is 24.5. The molecule has 1 aromatic heterocycles. The largest absolute Gasteiger partial charge is 0.495 e. The molecule has 0 bridgehead atoms. The Morgan fingerprint density at radius 3 is 2.86 bits per heavy atom. The van der Waals surface area contributed by atoms with Gasteiger partial charge in [-0.15, -0.1) is 0 Å². The molecular weight excluding hydrogens is 457 g/mol. The third-order valence-electron chi connectivity index (χ3n) is 8.12. The van der Waals surface area contributed by atoms with Crippen LogP contribution in [0, 0.1) is 18.2 Å². The summed E-state index contributed by atoms with van der Waals surface area (Å²) in [5.41, 5.74) is 5.91. The summed E-state index contributed by atoms with van der Waals surface area (Å²) in [6.45, 7) is 4.02. The van der Waals surface area contributed by atoms with Gasteiger partial charge in [0.05, 0.1) is 24.8 Å². The number of halogens is 1. The van der Waals surface area contributed by atoms with Crippen LogP contribution in [0.2, 0.25) is 0 Å². The van der Waals surface area contributed by atoms with E-state index in [1.54, 1.807) is 25.6 Å². The number of methoxy groups -OCH3 is 1. The Morgan fingerprint density at radius 1 is 1.19 bits per heavy atom. The van der Waals surface area contributed by atoms with E-state index >= 15 is 0 Å². The molecule has 2 spiro atoms. The van der Waals surface area contributed by atoms with Crippen molar-refractivity contribution in [3.8, 4) is 11.4 Å². The third-order valence-corrected chi connectivity index (χ3v) is 8.12. The number of hydrogen-bond acceptors (Lipinski definition) is 6. The Kier molecular flexibility index (Phi) is 4.53. The van der Waals surface area contributed by atoms with Crippen molar-refractivity contribution in [2.45, 2.75) is 31.7 Å². The maximum atomic E-state index is 14.0. The number of aromatic nitrogens is 2. The Bertz CT molecular complexity index is 1440. The number of nitrogens with zero attached hydrogens (tertiary/aromatic N) is 4. The van der Waals surface area contributed by atoms with Gasteiger partial charge in [0.25, 0.3) is 0 Å². The number of nitrogens with one attached hydrogen (secondary N) is 1. The summed E-state index contributed by atoms with van der Waals surface area (Å²) >= 11 is 0. The van der Waals surface area contributed by atoms with Crippen molar-refractivity contribution < 1.29 is 14.0 Å². The van der Waals surface area contributed by atoms with E-state index in [0.717, 1.165) is 52.7 Å². The van der Waals surface area contributed by atoms with E-state index in [1.807, 2.05) is 23.8 Å². The minimum atomic E-state index is -0.393. The number of oxime groups is 1. The number of fused-ring (bicyclic) bond motifs is 4. The summed E-state index contributed by atoms with van der Waals surface area (Å²) in [4.78, 5) is 12.6. The second kappa shape index (κ2) is 7.59. The minimum absolute atomic E-state index is 0.231. The van der Waals surface area contributed by atoms with Gasteiger partial charge in [0.1, 0.15) is 23.7 Å². The zero-order valence-corrected chi connectivity index (χ0v) is 20.4. The van der Waals surface area contributed by atoms with E-state index in [1.165, 1.54) is 18.4 Å². The number of hydrogen-bond donors (Lipinski definition) is 1. The van der Waals surface area contributed by atoms with Crippen molar-refractivity contribution in [3.05, 3.63) is 77.1 Å². The van der Waals surface area contributed by atoms with Crippen molar-refractivity contribution >= 4 is 17.6 Å². The van der Waals surface area contributed by atoms with Crippen LogP contribution in [0.25, 0.3) is 11.8 Å². The molecule has 0 radical (unpaired) electrons. The van der Waals surface area contributed by atoms with Crippen LogP contribution in [0.5, 0.6) is 5.75 Å². The summed E-state index contributed by atoms with van der Waals surface area (Å²) < 4.78 is 21.7. The molecule has 3 aliphatic heterocycles. The molecular formula is C28H28FN5O2. The molecule has 4 heterocycles. The highest BCUT2D eigenvalue weighted by Crippen LogP contribution is 2.57. The second-order valence-electron chi connectivity index (χ2n) is 10.5. The Balaban J connectivity index is 1.29. The van der Waals surface area contributed by atoms with Gasteiger partial charge in [0.15, 0.2) is 5.84 Å². The lowest BCUT2D eigenvalue weighted by Gasteiger charge is -2.49. The molecule has 7 nitrogen and oxygen atoms in total. The van der Waals surface area contributed by atoms with Crippen LogP contribution in [0.15, 0.2) is 59.7 Å². The molecule has 1 N–H and O–H groups in total. The number of aryl methyl sites for hydroxylation is 1. The molecule has 36 heavy (non-hydrogen) atoms. The van der Waals surface area contributed by atoms with Gasteiger partial charge < -0.3 is 24.4 Å². The highest BCUT2D eigenvalue weighted by molar-refractivity contribution is 6.04. The van der Waals surface area contributed by atoms with Crippen LogP contribution in [-0.2, 0) is 10.4 Å². The highest BCUT2D eigenvalue weighted by atomic mass is 19.1. The van der Waals surface area contributed by atoms with E-state index in [0.29, 0.717) is 13.2 Å². The smallest absolute Gasteiger partial charge is 0.172 e. The second-order valence-corrected chi connectivity index (χ2v) is 10.5. The molecule has 1 saturated heterocycles. The van der Waals surface area contributed by atoms with Crippen molar-refractivity contribution in [1.29, 1.82) is 0 Å². The van der Waals surface area contributed by atoms with Crippen LogP contribution in [0.4, 0.5) is 10.1 Å². The summed E-state index contributed by atoms with van der Waals surface area (Å²) in [5, 5.41) is 8.00. The first-order chi connectivity index (χ1) is 17.5. The fourth-order valence-corrected chi connectivity index (χ4v) is 6.02. The van der Waals surface area contributed by atoms with Crippen LogP contribution >= 0.6 is 0 Å². The number of imidazole rings is 1. The molecule has 2 fully saturated rings. The number of rotatable bonds is 3. The number of anilines is 1. The van der Waals surface area contributed by atoms with Crippen LogP contribution in [-0.4, -0.2) is 47.1 Å². The highest BCUT2D eigenvalue weighted by Gasteiger charge is 2.57. The molecule has 4 aliphatic rings. The average molecular weight is 486 g/mol. The monoisotopic (exact) mass is 485 g/mol. The average Bonchev–Trinajstić information content (AvgIpc) is 3.31. The molecule has 1 unspecified atom stereocenters. The van der Waals surface area contributed by atoms with Gasteiger partial charge in [-0.25, -0.2) is 9.37 Å². The number of piperidine rings is 1. The summed E-state index contributed by atoms with van der Waals surface area (Å²) in [6, 6.07) is 11.3. The molecule has 0 amide bonds. The van der Waals surface area contributed by atoms with Gasteiger partial charge >= 0.3 is 0 Å². The van der Waals surface area contributed by atoms with Crippen LogP contribution in [0.3, 0.4) is 0 Å². The summed E-state index contributed by atoms with van der Waals surface area (Å²) in [6.07, 6.45) is 9.38. The molecule has 8 heteroatoms. The van der Waals surface area contributed by atoms with Crippen molar-refractivity contribution in [2.75, 3.05) is 32.1 Å². The van der Waals surface area contributed by atoms with Crippen molar-refractivity contribution in [2.24, 2.45) is 10.6 Å². The lowest BCUT2D eigenvalue weighted by Crippen LogP contribution is -2.60. The van der Waals surface area contributed by atoms with Gasteiger partial charge in [-0.3, -0.25) is 0 Å². The lowest BCUT2D eigenvalue weighted by molar-refractivity contribution is -0.00612. The van der Waals surface area contributed by atoms with Crippen molar-refractivity contribution in [3.63, 3.8) is 0 Å². The van der Waals surface area contributed by atoms with Gasteiger partial charge in [-0.1, -0.05) is 17.3 Å². The minimum Gasteiger partial charge on any atom is -0.495 e. The maximum Gasteiger partial charge on any atom is 0.172 e. The van der Waals surface area contributed by atoms with Crippen LogP contribution in [0.1, 0.15) is 36.1 Å². The molecule has 1 atom stereocenters. The summed E-state index contributed by atoms with van der Waals surface area (Å²) in [7, 11) is 1.69. The first-order valence-electron chi connectivity index (χ1n) is 12.4. The Labute approximate surface area is 209 Å². The lowest BCUT2D eigenvalue weighted by atomic mass is 9.82. The van der Waals surface area contributed by atoms with E-state index in [2.05, 4.69) is 44.6 Å². The normalized spacial score (nSPS) is 24.2. The molecule has 3 aromatic rings. The van der Waals surface area contributed by atoms with Crippen LogP contribution < -0.4 is 10.1 Å². The SMILES string of the molecule is COc1cc(C=C2CC3(CC3)CN3C2=NOCC32CNc3cc(F)ccc32)ccc1-n1cnc(C)c1. The number of amidine groups is 1.